The minimum absolute atomic E-state index is 0.114. The molecule has 0 aromatic heterocycles. The number of aromatic carboxylic acids is 1. The standard InChI is InChI=1S/C8H8O2/c1-6-3-2-4-7(5-6)8(9)10/h2-5H,1H3,(H,9,10)/i2D,3D,4D,5D. The third kappa shape index (κ3) is 1.35. The first-order valence-electron chi connectivity index (χ1n) is 4.68. The average Bonchev–Trinajstić information content (AvgIpc) is 2.11. The molecule has 0 spiro atoms. The molecule has 0 radical (unpaired) electrons. The van der Waals surface area contributed by atoms with E-state index in [9.17, 15) is 4.79 Å². The third-order valence-electron chi connectivity index (χ3n) is 0.964. The van der Waals surface area contributed by atoms with Gasteiger partial charge >= 0.3 is 5.97 Å². The molecule has 1 rings (SSSR count). The quantitative estimate of drug-likeness (QED) is 0.644. The first-order chi connectivity index (χ1) is 6.37. The molecule has 0 aliphatic heterocycles. The predicted octanol–water partition coefficient (Wildman–Crippen LogP) is 1.69. The van der Waals surface area contributed by atoms with E-state index in [0.717, 1.165) is 0 Å². The molecule has 1 N–H and O–H groups in total. The molecular formula is C8H8O2. The van der Waals surface area contributed by atoms with Crippen molar-refractivity contribution in [3.05, 3.63) is 35.3 Å². The molecule has 0 atom stereocenters. The van der Waals surface area contributed by atoms with Crippen molar-refractivity contribution in [3.8, 4) is 0 Å². The Bertz CT molecular complexity index is 385. The van der Waals surface area contributed by atoms with Gasteiger partial charge in [-0.1, -0.05) is 17.6 Å². The maximum Gasteiger partial charge on any atom is 0.335 e. The van der Waals surface area contributed by atoms with Gasteiger partial charge in [-0.25, -0.2) is 4.79 Å². The molecule has 10 heavy (non-hydrogen) atoms. The molecule has 0 saturated carbocycles. The molecule has 2 heteroatoms. The number of benzene rings is 1. The van der Waals surface area contributed by atoms with Crippen molar-refractivity contribution in [2.24, 2.45) is 0 Å². The van der Waals surface area contributed by atoms with Crippen molar-refractivity contribution in [2.45, 2.75) is 6.92 Å². The number of hydrogen-bond donors (Lipinski definition) is 1. The van der Waals surface area contributed by atoms with Crippen LogP contribution in [0.2, 0.25) is 0 Å². The second-order valence-electron chi connectivity index (χ2n) is 1.81. The summed E-state index contributed by atoms with van der Waals surface area (Å²) in [5.41, 5.74) is -0.396. The van der Waals surface area contributed by atoms with Crippen LogP contribution in [0, 0.1) is 6.92 Å². The highest BCUT2D eigenvalue weighted by Crippen LogP contribution is 2.02. The maximum absolute atomic E-state index is 10.7. The number of carboxylic acid groups (broad SMARTS) is 1. The van der Waals surface area contributed by atoms with E-state index in [2.05, 4.69) is 0 Å². The van der Waals surface area contributed by atoms with Crippen LogP contribution in [0.15, 0.2) is 24.2 Å². The Morgan fingerprint density at radius 1 is 1.70 bits per heavy atom. The summed E-state index contributed by atoms with van der Waals surface area (Å²) in [7, 11) is 0. The van der Waals surface area contributed by atoms with Crippen LogP contribution in [0.4, 0.5) is 0 Å². The van der Waals surface area contributed by atoms with Gasteiger partial charge in [-0.05, 0) is 19.0 Å². The number of rotatable bonds is 1. The summed E-state index contributed by atoms with van der Waals surface area (Å²) in [4.78, 5) is 10.7. The van der Waals surface area contributed by atoms with Gasteiger partial charge < -0.3 is 5.11 Å². The monoisotopic (exact) mass is 140 g/mol. The number of carboxylic acids is 1. The molecule has 2 nitrogen and oxygen atoms in total. The smallest absolute Gasteiger partial charge is 0.335 e. The average molecular weight is 140 g/mol. The van der Waals surface area contributed by atoms with Crippen molar-refractivity contribution in [3.63, 3.8) is 0 Å². The highest BCUT2D eigenvalue weighted by Gasteiger charge is 1.99. The van der Waals surface area contributed by atoms with Crippen LogP contribution in [0.1, 0.15) is 21.4 Å². The molecule has 0 heterocycles. The van der Waals surface area contributed by atoms with Gasteiger partial charge in [0.1, 0.15) is 0 Å². The Hall–Kier alpha value is -1.31. The van der Waals surface area contributed by atoms with Crippen LogP contribution in [0.3, 0.4) is 0 Å². The zero-order valence-electron chi connectivity index (χ0n) is 9.36. The summed E-state index contributed by atoms with van der Waals surface area (Å²) in [5, 5.41) is 8.70. The normalized spacial score (nSPS) is 14.9. The summed E-state index contributed by atoms with van der Waals surface area (Å²) in [6, 6.07) is -1.64. The Labute approximate surface area is 64.7 Å². The first-order valence-corrected chi connectivity index (χ1v) is 2.68. The minimum Gasteiger partial charge on any atom is -0.478 e. The SMILES string of the molecule is [2H]c1c([2H])c(C)c([2H])c(C(=O)O)c1[2H]. The molecule has 1 aromatic carbocycles. The van der Waals surface area contributed by atoms with Crippen LogP contribution >= 0.6 is 0 Å². The van der Waals surface area contributed by atoms with Gasteiger partial charge in [0.15, 0.2) is 0 Å². The Morgan fingerprint density at radius 2 is 2.40 bits per heavy atom. The Morgan fingerprint density at radius 3 is 3.00 bits per heavy atom. The van der Waals surface area contributed by atoms with Gasteiger partial charge in [-0.3, -0.25) is 0 Å². The van der Waals surface area contributed by atoms with E-state index in [-0.39, 0.29) is 17.6 Å². The summed E-state index contributed by atoms with van der Waals surface area (Å²) in [5.74, 6) is -1.41. The van der Waals surface area contributed by atoms with E-state index in [0.29, 0.717) is 0 Å². The second kappa shape index (κ2) is 2.52. The van der Waals surface area contributed by atoms with Crippen molar-refractivity contribution in [1.29, 1.82) is 0 Å². The van der Waals surface area contributed by atoms with Crippen molar-refractivity contribution in [1.82, 2.24) is 0 Å². The van der Waals surface area contributed by atoms with Gasteiger partial charge in [0.2, 0.25) is 0 Å². The van der Waals surface area contributed by atoms with E-state index < -0.39 is 23.6 Å². The van der Waals surface area contributed by atoms with Crippen LogP contribution in [0.5, 0.6) is 0 Å². The molecule has 0 aliphatic rings. The maximum atomic E-state index is 10.7. The second-order valence-corrected chi connectivity index (χ2v) is 1.81. The summed E-state index contributed by atoms with van der Waals surface area (Å²) in [6.07, 6.45) is 0. The van der Waals surface area contributed by atoms with Crippen LogP contribution in [-0.2, 0) is 0 Å². The lowest BCUT2D eigenvalue weighted by Gasteiger charge is -1.93. The van der Waals surface area contributed by atoms with Crippen molar-refractivity contribution in [2.75, 3.05) is 0 Å². The summed E-state index contributed by atoms with van der Waals surface area (Å²) in [6.45, 7) is 1.40. The highest BCUT2D eigenvalue weighted by atomic mass is 16.4. The van der Waals surface area contributed by atoms with Gasteiger partial charge in [0.05, 0.1) is 11.0 Å². The lowest BCUT2D eigenvalue weighted by atomic mass is 10.1. The topological polar surface area (TPSA) is 37.3 Å². The predicted molar refractivity (Wildman–Crippen MR) is 38.1 cm³/mol. The van der Waals surface area contributed by atoms with E-state index in [1.165, 1.54) is 6.92 Å². The first kappa shape index (κ1) is 3.19. The molecule has 52 valence electrons. The van der Waals surface area contributed by atoms with E-state index >= 15 is 0 Å². The minimum atomic E-state index is -1.41. The van der Waals surface area contributed by atoms with Crippen LogP contribution in [0.25, 0.3) is 0 Å². The Kier molecular flexibility index (Phi) is 0.804. The van der Waals surface area contributed by atoms with Gasteiger partial charge in [-0.15, -0.1) is 0 Å². The molecule has 0 bridgehead atoms. The van der Waals surface area contributed by atoms with Gasteiger partial charge in [-0.2, -0.15) is 0 Å². The molecule has 0 amide bonds. The lowest BCUT2D eigenvalue weighted by Crippen LogP contribution is -1.95. The van der Waals surface area contributed by atoms with E-state index in [4.69, 9.17) is 10.6 Å². The van der Waals surface area contributed by atoms with E-state index in [1.54, 1.807) is 0 Å². The zero-order chi connectivity index (χ0) is 11.0. The van der Waals surface area contributed by atoms with Crippen LogP contribution < -0.4 is 0 Å². The van der Waals surface area contributed by atoms with Crippen molar-refractivity contribution >= 4 is 5.97 Å². The van der Waals surface area contributed by atoms with Crippen LogP contribution in [-0.4, -0.2) is 11.1 Å². The third-order valence-corrected chi connectivity index (χ3v) is 0.964. The zero-order valence-corrected chi connectivity index (χ0v) is 5.36. The summed E-state index contributed by atoms with van der Waals surface area (Å²) < 4.78 is 29.3. The number of carbonyl (C=O) groups is 1. The van der Waals surface area contributed by atoms with Gasteiger partial charge in [0, 0.05) is 0 Å². The van der Waals surface area contributed by atoms with Gasteiger partial charge in [0.25, 0.3) is 0 Å². The van der Waals surface area contributed by atoms with E-state index in [1.807, 2.05) is 0 Å². The molecule has 0 fully saturated rings. The largest absolute Gasteiger partial charge is 0.478 e. The fourth-order valence-electron chi connectivity index (χ4n) is 0.544. The molecule has 0 aliphatic carbocycles. The fourth-order valence-corrected chi connectivity index (χ4v) is 0.544. The Balaban J connectivity index is 3.68. The molecule has 0 saturated heterocycles. The number of hydrogen-bond acceptors (Lipinski definition) is 1. The lowest BCUT2D eigenvalue weighted by molar-refractivity contribution is 0.0697. The van der Waals surface area contributed by atoms with Crippen molar-refractivity contribution < 1.29 is 15.4 Å². The molecule has 1 aromatic rings. The highest BCUT2D eigenvalue weighted by molar-refractivity contribution is 5.87. The fraction of sp³-hybridized carbons (Fsp3) is 0.125. The molecule has 0 unspecified atom stereocenters. The molecular weight excluding hydrogens is 128 g/mol. The summed E-state index contributed by atoms with van der Waals surface area (Å²) >= 11 is 0.